The number of Topliss-reactive ketones (excluding diaryl/α,β-unsaturated/α-hetero) is 1. The number of hydrogen-bond acceptors (Lipinski definition) is 4. The summed E-state index contributed by atoms with van der Waals surface area (Å²) in [5.41, 5.74) is 2.08. The van der Waals surface area contributed by atoms with E-state index in [-0.39, 0.29) is 11.5 Å². The molecule has 0 aliphatic rings. The predicted molar refractivity (Wildman–Crippen MR) is 97.7 cm³/mol. The van der Waals surface area contributed by atoms with Crippen molar-refractivity contribution < 1.29 is 9.72 Å². The summed E-state index contributed by atoms with van der Waals surface area (Å²) in [6.07, 6.45) is 0. The highest BCUT2D eigenvalue weighted by molar-refractivity contribution is 5.95. The quantitative estimate of drug-likeness (QED) is 0.394. The Morgan fingerprint density at radius 1 is 1.23 bits per heavy atom. The maximum atomic E-state index is 12.1. The summed E-state index contributed by atoms with van der Waals surface area (Å²) >= 11 is 0. The summed E-state index contributed by atoms with van der Waals surface area (Å²) in [6.45, 7) is 5.33. The molecule has 128 valence electrons. The summed E-state index contributed by atoms with van der Waals surface area (Å²) in [6, 6.07) is 16.7. The predicted octanol–water partition coefficient (Wildman–Crippen LogP) is 4.16. The Balaban J connectivity index is 2.26. The summed E-state index contributed by atoms with van der Waals surface area (Å²) in [5.74, 6) is -0.213. The van der Waals surface area contributed by atoms with E-state index in [0.29, 0.717) is 16.8 Å². The number of nitro groups is 1. The van der Waals surface area contributed by atoms with Gasteiger partial charge in [0.05, 0.1) is 11.0 Å². The molecule has 0 radical (unpaired) electrons. The van der Waals surface area contributed by atoms with Gasteiger partial charge in [0.1, 0.15) is 11.8 Å². The third kappa shape index (κ3) is 2.87. The number of benzene rings is 2. The molecule has 3 aromatic rings. The lowest BCUT2D eigenvalue weighted by Gasteiger charge is -2.22. The van der Waals surface area contributed by atoms with Gasteiger partial charge in [0, 0.05) is 28.6 Å². The molecule has 0 bridgehead atoms. The zero-order chi connectivity index (χ0) is 18.8. The van der Waals surface area contributed by atoms with Gasteiger partial charge in [0.25, 0.3) is 5.69 Å². The number of para-hydroxylation sites is 1. The van der Waals surface area contributed by atoms with Gasteiger partial charge in [-0.2, -0.15) is 5.26 Å². The Morgan fingerprint density at radius 2 is 1.88 bits per heavy atom. The number of allylic oxidation sites excluding steroid dienone is 1. The first kappa shape index (κ1) is 17.1. The van der Waals surface area contributed by atoms with Gasteiger partial charge in [-0.1, -0.05) is 24.8 Å². The molecule has 0 N–H and O–H groups in total. The van der Waals surface area contributed by atoms with Gasteiger partial charge in [-0.25, -0.2) is 0 Å². The van der Waals surface area contributed by atoms with Gasteiger partial charge < -0.3 is 4.57 Å². The first-order valence-electron chi connectivity index (χ1n) is 7.88. The fourth-order valence-corrected chi connectivity index (χ4v) is 3.02. The van der Waals surface area contributed by atoms with E-state index < -0.39 is 11.0 Å². The van der Waals surface area contributed by atoms with Crippen molar-refractivity contribution in [2.45, 2.75) is 13.0 Å². The summed E-state index contributed by atoms with van der Waals surface area (Å²) in [4.78, 5) is 22.5. The first-order chi connectivity index (χ1) is 12.4. The average molecular weight is 345 g/mol. The van der Waals surface area contributed by atoms with Crippen molar-refractivity contribution in [3.8, 4) is 6.07 Å². The van der Waals surface area contributed by atoms with Crippen molar-refractivity contribution in [3.05, 3.63) is 88.1 Å². The molecule has 0 fully saturated rings. The Labute approximate surface area is 149 Å². The van der Waals surface area contributed by atoms with Crippen molar-refractivity contribution in [3.63, 3.8) is 0 Å². The lowest BCUT2D eigenvalue weighted by Crippen LogP contribution is -2.18. The molecule has 2 aromatic carbocycles. The van der Waals surface area contributed by atoms with Crippen molar-refractivity contribution >= 4 is 22.4 Å². The van der Waals surface area contributed by atoms with Crippen LogP contribution in [0.4, 0.5) is 5.69 Å². The molecule has 6 heteroatoms. The molecule has 1 atom stereocenters. The Morgan fingerprint density at radius 3 is 2.46 bits per heavy atom. The average Bonchev–Trinajstić information content (AvgIpc) is 3.01. The number of fused-ring (bicyclic) bond motifs is 1. The van der Waals surface area contributed by atoms with Crippen LogP contribution in [0.5, 0.6) is 0 Å². The molecule has 1 unspecified atom stereocenters. The van der Waals surface area contributed by atoms with Crippen molar-refractivity contribution in [1.29, 1.82) is 5.26 Å². The highest BCUT2D eigenvalue weighted by Gasteiger charge is 2.25. The number of nitro benzene ring substituents is 1. The summed E-state index contributed by atoms with van der Waals surface area (Å²) in [7, 11) is 0. The van der Waals surface area contributed by atoms with E-state index in [1.54, 1.807) is 22.8 Å². The smallest absolute Gasteiger partial charge is 0.269 e. The maximum Gasteiger partial charge on any atom is 0.269 e. The number of hydrogen-bond donors (Lipinski definition) is 0. The van der Waals surface area contributed by atoms with Crippen LogP contribution in [0.3, 0.4) is 0 Å². The Hall–Kier alpha value is -3.72. The summed E-state index contributed by atoms with van der Waals surface area (Å²) < 4.78 is 1.75. The van der Waals surface area contributed by atoms with Gasteiger partial charge >= 0.3 is 0 Å². The highest BCUT2D eigenvalue weighted by atomic mass is 16.6. The molecule has 26 heavy (non-hydrogen) atoms. The van der Waals surface area contributed by atoms with Gasteiger partial charge in [0.2, 0.25) is 0 Å². The monoisotopic (exact) mass is 345 g/mol. The number of nitrogens with zero attached hydrogens (tertiary/aromatic N) is 3. The number of rotatable bonds is 5. The first-order valence-corrected chi connectivity index (χ1v) is 7.88. The molecular weight excluding hydrogens is 330 g/mol. The number of non-ortho nitro benzene ring substituents is 1. The van der Waals surface area contributed by atoms with Crippen LogP contribution < -0.4 is 0 Å². The van der Waals surface area contributed by atoms with Gasteiger partial charge in [-0.3, -0.25) is 14.9 Å². The van der Waals surface area contributed by atoms with E-state index in [1.165, 1.54) is 19.1 Å². The molecule has 3 rings (SSSR count). The van der Waals surface area contributed by atoms with E-state index in [2.05, 4.69) is 12.6 Å². The second-order valence-electron chi connectivity index (χ2n) is 5.90. The van der Waals surface area contributed by atoms with E-state index in [4.69, 9.17) is 0 Å². The minimum Gasteiger partial charge on any atom is -0.320 e. The molecule has 0 aliphatic heterocycles. The molecule has 0 saturated carbocycles. The van der Waals surface area contributed by atoms with Crippen LogP contribution in [0.1, 0.15) is 24.2 Å². The molecular formula is C20H15N3O3. The number of aromatic nitrogens is 1. The summed E-state index contributed by atoms with van der Waals surface area (Å²) in [5, 5.41) is 21.4. The lowest BCUT2D eigenvalue weighted by atomic mass is 9.96. The van der Waals surface area contributed by atoms with Crippen LogP contribution in [-0.2, 0) is 4.79 Å². The molecule has 0 saturated heterocycles. The van der Waals surface area contributed by atoms with Crippen molar-refractivity contribution in [2.75, 3.05) is 0 Å². The lowest BCUT2D eigenvalue weighted by molar-refractivity contribution is -0.384. The van der Waals surface area contributed by atoms with Crippen LogP contribution in [0.15, 0.2) is 66.7 Å². The third-order valence-corrected chi connectivity index (χ3v) is 4.32. The van der Waals surface area contributed by atoms with Crippen LogP contribution in [0, 0.1) is 21.4 Å². The maximum absolute atomic E-state index is 12.1. The number of nitriles is 1. The normalized spacial score (nSPS) is 11.7. The topological polar surface area (TPSA) is 88.9 Å². The SMILES string of the molecule is C=C(C(C)=O)C(c1ccc([N+](=O)[O-])cc1)n1c(C#N)cc2ccccc21. The van der Waals surface area contributed by atoms with Gasteiger partial charge in [-0.15, -0.1) is 0 Å². The highest BCUT2D eigenvalue weighted by Crippen LogP contribution is 2.33. The Kier molecular flexibility index (Phi) is 4.38. The third-order valence-electron chi connectivity index (χ3n) is 4.32. The molecule has 0 aliphatic carbocycles. The molecule has 0 spiro atoms. The molecule has 6 nitrogen and oxygen atoms in total. The minimum absolute atomic E-state index is 0.0428. The van der Waals surface area contributed by atoms with E-state index in [0.717, 1.165) is 10.9 Å². The molecule has 0 amide bonds. The fourth-order valence-electron chi connectivity index (χ4n) is 3.02. The van der Waals surface area contributed by atoms with Gasteiger partial charge in [-0.05, 0) is 36.8 Å². The van der Waals surface area contributed by atoms with E-state index in [1.807, 2.05) is 24.3 Å². The van der Waals surface area contributed by atoms with Crippen molar-refractivity contribution in [2.24, 2.45) is 0 Å². The van der Waals surface area contributed by atoms with Crippen LogP contribution in [0.25, 0.3) is 10.9 Å². The second kappa shape index (κ2) is 6.65. The zero-order valence-electron chi connectivity index (χ0n) is 14.0. The molecule has 1 aromatic heterocycles. The van der Waals surface area contributed by atoms with Gasteiger partial charge in [0.15, 0.2) is 5.78 Å². The van der Waals surface area contributed by atoms with E-state index >= 15 is 0 Å². The number of carbonyl (C=O) groups is 1. The van der Waals surface area contributed by atoms with Crippen LogP contribution in [-0.4, -0.2) is 15.3 Å². The largest absolute Gasteiger partial charge is 0.320 e. The van der Waals surface area contributed by atoms with Crippen LogP contribution in [0.2, 0.25) is 0 Å². The second-order valence-corrected chi connectivity index (χ2v) is 5.90. The molecule has 1 heterocycles. The standard InChI is InChI=1S/C20H15N3O3/c1-13(14(2)24)20(15-7-9-17(10-8-15)23(25)26)22-18(12-21)11-16-5-3-4-6-19(16)22/h3-11,20H,1H2,2H3. The number of carbonyl (C=O) groups excluding carboxylic acids is 1. The van der Waals surface area contributed by atoms with Crippen molar-refractivity contribution in [1.82, 2.24) is 4.57 Å². The number of ketones is 1. The van der Waals surface area contributed by atoms with Crippen LogP contribution >= 0.6 is 0 Å². The Bertz CT molecular complexity index is 1070. The minimum atomic E-state index is -0.622. The zero-order valence-corrected chi connectivity index (χ0v) is 14.0. The fraction of sp³-hybridized carbons (Fsp3) is 0.100. The van der Waals surface area contributed by atoms with E-state index in [9.17, 15) is 20.2 Å².